The van der Waals surface area contributed by atoms with Crippen molar-refractivity contribution < 1.29 is 23.2 Å². The first-order chi connectivity index (χ1) is 20.6. The van der Waals surface area contributed by atoms with Crippen molar-refractivity contribution in [1.82, 2.24) is 0 Å². The Morgan fingerprint density at radius 1 is 0.571 bits per heavy atom. The molecule has 0 fully saturated rings. The third-order valence-corrected chi connectivity index (χ3v) is 10.7. The van der Waals surface area contributed by atoms with Crippen LogP contribution in [0.15, 0.2) is 132 Å². The Labute approximate surface area is 245 Å². The summed E-state index contributed by atoms with van der Waals surface area (Å²) >= 11 is 0. The van der Waals surface area contributed by atoms with Gasteiger partial charge in [0.15, 0.2) is 7.14 Å². The normalized spacial score (nSPS) is 11.5. The van der Waals surface area contributed by atoms with Crippen molar-refractivity contribution in [2.75, 3.05) is 21.3 Å². The number of hydrogen-bond acceptors (Lipinski definition) is 5. The highest BCUT2D eigenvalue weighted by Crippen LogP contribution is 2.50. The molecule has 0 saturated carbocycles. The molecule has 0 aliphatic heterocycles. The summed E-state index contributed by atoms with van der Waals surface area (Å²) in [4.78, 5) is 0. The summed E-state index contributed by atoms with van der Waals surface area (Å²) in [6, 6.07) is 40.8. The van der Waals surface area contributed by atoms with Crippen LogP contribution >= 0.6 is 7.14 Å². The molecule has 0 aliphatic carbocycles. The molecule has 5 nitrogen and oxygen atoms in total. The van der Waals surface area contributed by atoms with E-state index in [1.807, 2.05) is 127 Å². The second-order valence-electron chi connectivity index (χ2n) is 9.94. The lowest BCUT2D eigenvalue weighted by Gasteiger charge is -2.24. The summed E-state index contributed by atoms with van der Waals surface area (Å²) < 4.78 is 39.6. The molecule has 210 valence electrons. The van der Waals surface area contributed by atoms with E-state index in [4.69, 9.17) is 18.6 Å². The molecule has 6 rings (SSSR count). The van der Waals surface area contributed by atoms with Crippen LogP contribution in [0.1, 0.15) is 22.8 Å². The zero-order chi connectivity index (χ0) is 29.1. The second kappa shape index (κ2) is 11.6. The molecule has 0 radical (unpaired) electrons. The van der Waals surface area contributed by atoms with E-state index in [-0.39, 0.29) is 0 Å². The Morgan fingerprint density at radius 3 is 1.57 bits per heavy atom. The highest BCUT2D eigenvalue weighted by molar-refractivity contribution is 7.85. The van der Waals surface area contributed by atoms with Gasteiger partial charge in [0.2, 0.25) is 0 Å². The lowest BCUT2D eigenvalue weighted by atomic mass is 9.88. The first-order valence-corrected chi connectivity index (χ1v) is 15.4. The van der Waals surface area contributed by atoms with Gasteiger partial charge in [-0.05, 0) is 47.5 Å². The molecule has 6 aromatic rings. The first kappa shape index (κ1) is 27.4. The Kier molecular flexibility index (Phi) is 7.60. The quantitative estimate of drug-likeness (QED) is 0.170. The van der Waals surface area contributed by atoms with Crippen molar-refractivity contribution in [1.29, 1.82) is 0 Å². The SMILES string of the molecule is COc1cccc(C(c2cccc(OC)c2)c2oc3cc(OC)ccc3c2P(=O)(c2ccccc2)c2ccccc2)c1. The van der Waals surface area contributed by atoms with Crippen LogP contribution in [0.2, 0.25) is 0 Å². The third kappa shape index (κ3) is 4.87. The topological polar surface area (TPSA) is 57.9 Å². The third-order valence-electron chi connectivity index (χ3n) is 7.57. The maximum absolute atomic E-state index is 15.9. The fourth-order valence-corrected chi connectivity index (χ4v) is 8.56. The van der Waals surface area contributed by atoms with E-state index in [0.717, 1.165) is 27.1 Å². The summed E-state index contributed by atoms with van der Waals surface area (Å²) in [5.41, 5.74) is 2.47. The van der Waals surface area contributed by atoms with Crippen LogP contribution < -0.4 is 30.1 Å². The minimum Gasteiger partial charge on any atom is -0.497 e. The number of ether oxygens (including phenoxy) is 3. The second-order valence-corrected chi connectivity index (χ2v) is 12.6. The van der Waals surface area contributed by atoms with E-state index in [1.54, 1.807) is 21.3 Å². The van der Waals surface area contributed by atoms with Crippen LogP contribution in [0.25, 0.3) is 11.0 Å². The van der Waals surface area contributed by atoms with Crippen LogP contribution in [0, 0.1) is 0 Å². The van der Waals surface area contributed by atoms with Gasteiger partial charge in [-0.25, -0.2) is 0 Å². The lowest BCUT2D eigenvalue weighted by Crippen LogP contribution is -2.28. The van der Waals surface area contributed by atoms with E-state index in [2.05, 4.69) is 0 Å². The molecule has 0 atom stereocenters. The van der Waals surface area contributed by atoms with Crippen molar-refractivity contribution in [3.8, 4) is 17.2 Å². The molecule has 42 heavy (non-hydrogen) atoms. The standard InChI is InChI=1S/C36H31O5P/c1-38-27-14-10-12-25(22-27)34(26-13-11-15-28(23-26)39-2)35-36(32-21-20-29(40-3)24-33(32)41-35)42(37,30-16-6-4-7-17-30)31-18-8-5-9-19-31/h4-24,34H,1-3H3. The molecule has 0 aliphatic rings. The zero-order valence-corrected chi connectivity index (χ0v) is 24.6. The highest BCUT2D eigenvalue weighted by atomic mass is 31.2. The molecular formula is C36H31O5P. The summed E-state index contributed by atoms with van der Waals surface area (Å²) in [7, 11) is 1.46. The largest absolute Gasteiger partial charge is 0.497 e. The average molecular weight is 575 g/mol. The fraction of sp³-hybridized carbons (Fsp3) is 0.111. The minimum absolute atomic E-state index is 0.427. The van der Waals surface area contributed by atoms with Crippen molar-refractivity contribution >= 4 is 34.0 Å². The van der Waals surface area contributed by atoms with Gasteiger partial charge in [0.25, 0.3) is 0 Å². The van der Waals surface area contributed by atoms with Gasteiger partial charge in [-0.15, -0.1) is 0 Å². The van der Waals surface area contributed by atoms with Gasteiger partial charge in [0.1, 0.15) is 28.6 Å². The molecule has 1 heterocycles. The van der Waals surface area contributed by atoms with Crippen molar-refractivity contribution in [2.45, 2.75) is 5.92 Å². The van der Waals surface area contributed by atoms with E-state index in [0.29, 0.717) is 33.9 Å². The number of fused-ring (bicyclic) bond motifs is 1. The first-order valence-electron chi connectivity index (χ1n) is 13.7. The van der Waals surface area contributed by atoms with Crippen molar-refractivity contribution in [3.05, 3.63) is 144 Å². The Morgan fingerprint density at radius 2 is 1.07 bits per heavy atom. The van der Waals surface area contributed by atoms with Gasteiger partial charge in [-0.2, -0.15) is 0 Å². The van der Waals surface area contributed by atoms with Crippen LogP contribution in [0.5, 0.6) is 17.2 Å². The van der Waals surface area contributed by atoms with Crippen LogP contribution in [0.3, 0.4) is 0 Å². The van der Waals surface area contributed by atoms with Crippen LogP contribution in [-0.4, -0.2) is 21.3 Å². The van der Waals surface area contributed by atoms with Gasteiger partial charge in [-0.3, -0.25) is 0 Å². The van der Waals surface area contributed by atoms with Gasteiger partial charge in [0, 0.05) is 22.1 Å². The molecule has 0 amide bonds. The summed E-state index contributed by atoms with van der Waals surface area (Å²) in [5.74, 6) is 2.26. The molecule has 0 bridgehead atoms. The van der Waals surface area contributed by atoms with Gasteiger partial charge in [-0.1, -0.05) is 84.9 Å². The van der Waals surface area contributed by atoms with E-state index in [1.165, 1.54) is 0 Å². The summed E-state index contributed by atoms with van der Waals surface area (Å²) in [5, 5.41) is 2.89. The van der Waals surface area contributed by atoms with Crippen LogP contribution in [-0.2, 0) is 4.57 Å². The molecule has 0 N–H and O–H groups in total. The molecule has 0 spiro atoms. The summed E-state index contributed by atoms with van der Waals surface area (Å²) in [6.45, 7) is 0. The van der Waals surface area contributed by atoms with Gasteiger partial charge in [0.05, 0.1) is 32.6 Å². The maximum atomic E-state index is 15.9. The molecular weight excluding hydrogens is 543 g/mol. The Balaban J connectivity index is 1.75. The van der Waals surface area contributed by atoms with E-state index in [9.17, 15) is 0 Å². The lowest BCUT2D eigenvalue weighted by molar-refractivity contribution is 0.412. The summed E-state index contributed by atoms with van der Waals surface area (Å²) in [6.07, 6.45) is 0. The van der Waals surface area contributed by atoms with Gasteiger partial charge >= 0.3 is 0 Å². The molecule has 0 saturated heterocycles. The number of rotatable bonds is 9. The predicted molar refractivity (Wildman–Crippen MR) is 169 cm³/mol. The number of methoxy groups -OCH3 is 3. The number of furan rings is 1. The molecule has 1 aromatic heterocycles. The molecule has 6 heteroatoms. The Bertz CT molecular complexity index is 1790. The molecule has 5 aromatic carbocycles. The van der Waals surface area contributed by atoms with Crippen molar-refractivity contribution in [3.63, 3.8) is 0 Å². The van der Waals surface area contributed by atoms with E-state index >= 15 is 4.57 Å². The predicted octanol–water partition coefficient (Wildman–Crippen LogP) is 7.28. The maximum Gasteiger partial charge on any atom is 0.175 e. The minimum atomic E-state index is -3.46. The van der Waals surface area contributed by atoms with Crippen molar-refractivity contribution in [2.24, 2.45) is 0 Å². The Hall–Kier alpha value is -4.73. The zero-order valence-electron chi connectivity index (χ0n) is 23.7. The number of hydrogen-bond donors (Lipinski definition) is 0. The smallest absolute Gasteiger partial charge is 0.175 e. The number of benzene rings is 5. The average Bonchev–Trinajstić information content (AvgIpc) is 3.44. The van der Waals surface area contributed by atoms with Crippen LogP contribution in [0.4, 0.5) is 0 Å². The van der Waals surface area contributed by atoms with Gasteiger partial charge < -0.3 is 23.2 Å². The highest BCUT2D eigenvalue weighted by Gasteiger charge is 2.39. The van der Waals surface area contributed by atoms with E-state index < -0.39 is 13.1 Å². The fourth-order valence-electron chi connectivity index (χ4n) is 5.55. The monoisotopic (exact) mass is 574 g/mol. The molecule has 0 unspecified atom stereocenters.